The van der Waals surface area contributed by atoms with Crippen LogP contribution in [0.25, 0.3) is 0 Å². The molecule has 136 valence electrons. The number of sulfonamides is 1. The number of pyridine rings is 1. The highest BCUT2D eigenvalue weighted by Crippen LogP contribution is 2.24. The van der Waals surface area contributed by atoms with Gasteiger partial charge in [0.15, 0.2) is 5.03 Å². The third-order valence-corrected chi connectivity index (χ3v) is 5.90. The van der Waals surface area contributed by atoms with Crippen molar-refractivity contribution in [2.24, 2.45) is 5.92 Å². The molecule has 0 amide bonds. The number of imidazole rings is 1. The van der Waals surface area contributed by atoms with Gasteiger partial charge in [-0.05, 0) is 31.4 Å². The summed E-state index contributed by atoms with van der Waals surface area (Å²) in [6.45, 7) is 7.54. The van der Waals surface area contributed by atoms with Crippen LogP contribution in [-0.2, 0) is 16.6 Å². The van der Waals surface area contributed by atoms with Crippen molar-refractivity contribution in [1.29, 1.82) is 0 Å². The van der Waals surface area contributed by atoms with Crippen molar-refractivity contribution in [2.45, 2.75) is 44.9 Å². The van der Waals surface area contributed by atoms with Gasteiger partial charge in [0.05, 0.1) is 18.6 Å². The Balaban J connectivity index is 1.68. The third-order valence-electron chi connectivity index (χ3n) is 4.15. The molecule has 0 saturated carbocycles. The first kappa shape index (κ1) is 17.9. The van der Waals surface area contributed by atoms with Crippen molar-refractivity contribution in [3.05, 3.63) is 36.5 Å². The molecule has 2 aromatic heterocycles. The van der Waals surface area contributed by atoms with E-state index in [0.29, 0.717) is 31.2 Å². The number of hydrogen-bond donors (Lipinski definition) is 0. The quantitative estimate of drug-likeness (QED) is 0.784. The molecule has 0 bridgehead atoms. The first-order valence-electron chi connectivity index (χ1n) is 8.46. The molecule has 8 heteroatoms. The highest BCUT2D eigenvalue weighted by Gasteiger charge is 2.35. The zero-order valence-electron chi connectivity index (χ0n) is 14.8. The minimum atomic E-state index is -3.58. The van der Waals surface area contributed by atoms with Gasteiger partial charge >= 0.3 is 0 Å². The molecule has 1 fully saturated rings. The van der Waals surface area contributed by atoms with Gasteiger partial charge in [-0.2, -0.15) is 4.31 Å². The van der Waals surface area contributed by atoms with Crippen LogP contribution in [0.5, 0.6) is 5.75 Å². The van der Waals surface area contributed by atoms with E-state index in [1.165, 1.54) is 4.31 Å². The monoisotopic (exact) mass is 364 g/mol. The van der Waals surface area contributed by atoms with Crippen molar-refractivity contribution < 1.29 is 13.2 Å². The van der Waals surface area contributed by atoms with E-state index in [2.05, 4.69) is 23.8 Å². The number of aromatic nitrogens is 3. The predicted octanol–water partition coefficient (Wildman–Crippen LogP) is 2.08. The molecule has 1 atom stereocenters. The van der Waals surface area contributed by atoms with Gasteiger partial charge < -0.3 is 9.30 Å². The summed E-state index contributed by atoms with van der Waals surface area (Å²) < 4.78 is 34.8. The minimum absolute atomic E-state index is 0.103. The highest BCUT2D eigenvalue weighted by atomic mass is 32.2. The zero-order chi connectivity index (χ0) is 18.0. The number of rotatable bonds is 6. The maximum atomic E-state index is 12.8. The van der Waals surface area contributed by atoms with Gasteiger partial charge in [-0.1, -0.05) is 13.8 Å². The molecule has 1 aliphatic rings. The molecule has 25 heavy (non-hydrogen) atoms. The van der Waals surface area contributed by atoms with Gasteiger partial charge in [0.1, 0.15) is 11.9 Å². The van der Waals surface area contributed by atoms with Gasteiger partial charge in [0.2, 0.25) is 0 Å². The van der Waals surface area contributed by atoms with Crippen molar-refractivity contribution in [2.75, 3.05) is 13.1 Å². The fourth-order valence-electron chi connectivity index (χ4n) is 2.91. The molecule has 3 rings (SSSR count). The van der Waals surface area contributed by atoms with Gasteiger partial charge in [-0.15, -0.1) is 0 Å². The van der Waals surface area contributed by atoms with E-state index >= 15 is 0 Å². The van der Waals surface area contributed by atoms with Gasteiger partial charge in [-0.3, -0.25) is 4.98 Å². The van der Waals surface area contributed by atoms with Crippen LogP contribution in [0.15, 0.2) is 35.9 Å². The van der Waals surface area contributed by atoms with Gasteiger partial charge in [-0.25, -0.2) is 13.4 Å². The van der Waals surface area contributed by atoms with E-state index in [1.807, 2.05) is 23.6 Å². The molecule has 0 aromatic carbocycles. The van der Waals surface area contributed by atoms with Gasteiger partial charge in [0.25, 0.3) is 10.0 Å². The molecule has 0 radical (unpaired) electrons. The van der Waals surface area contributed by atoms with Crippen LogP contribution in [0.1, 0.15) is 26.0 Å². The first-order chi connectivity index (χ1) is 11.9. The summed E-state index contributed by atoms with van der Waals surface area (Å²) in [7, 11) is -3.58. The van der Waals surface area contributed by atoms with Crippen LogP contribution < -0.4 is 4.74 Å². The molecule has 1 saturated heterocycles. The molecule has 3 heterocycles. The molecule has 7 nitrogen and oxygen atoms in total. The van der Waals surface area contributed by atoms with Crippen LogP contribution in [-0.4, -0.2) is 46.5 Å². The van der Waals surface area contributed by atoms with Crippen LogP contribution in [0.4, 0.5) is 0 Å². The van der Waals surface area contributed by atoms with Crippen LogP contribution in [0.3, 0.4) is 0 Å². The predicted molar refractivity (Wildman–Crippen MR) is 93.8 cm³/mol. The molecule has 1 aliphatic heterocycles. The Morgan fingerprint density at radius 1 is 1.36 bits per heavy atom. The third kappa shape index (κ3) is 4.01. The molecular formula is C17H24N4O3S. The lowest BCUT2D eigenvalue weighted by Crippen LogP contribution is -2.31. The summed E-state index contributed by atoms with van der Waals surface area (Å²) in [4.78, 5) is 8.28. The average Bonchev–Trinajstić information content (AvgIpc) is 3.19. The van der Waals surface area contributed by atoms with Crippen LogP contribution in [0.2, 0.25) is 0 Å². The van der Waals surface area contributed by atoms with E-state index in [1.54, 1.807) is 18.7 Å². The summed E-state index contributed by atoms with van der Waals surface area (Å²) in [5, 5.41) is 0.103. The van der Waals surface area contributed by atoms with Crippen molar-refractivity contribution >= 4 is 10.0 Å². The topological polar surface area (TPSA) is 77.3 Å². The smallest absolute Gasteiger partial charge is 0.262 e. The maximum Gasteiger partial charge on any atom is 0.262 e. The number of ether oxygens (including phenoxy) is 1. The van der Waals surface area contributed by atoms with Crippen LogP contribution >= 0.6 is 0 Å². The normalized spacial score (nSPS) is 18.8. The van der Waals surface area contributed by atoms with E-state index in [0.717, 1.165) is 12.2 Å². The standard InChI is InChI=1S/C17H24N4O3S/c1-13(2)9-20-11-17(19-12-20)25(22,23)21-8-6-15(10-21)24-16-5-4-7-18-14(16)3/h4-5,7,11-13,15H,6,8-10H2,1-3H3/t15-/m0/s1. The van der Waals surface area contributed by atoms with E-state index in [4.69, 9.17) is 4.74 Å². The average molecular weight is 364 g/mol. The lowest BCUT2D eigenvalue weighted by atomic mass is 10.2. The fraction of sp³-hybridized carbons (Fsp3) is 0.529. The summed E-state index contributed by atoms with van der Waals surface area (Å²) in [5.41, 5.74) is 0.802. The highest BCUT2D eigenvalue weighted by molar-refractivity contribution is 7.89. The first-order valence-corrected chi connectivity index (χ1v) is 9.90. The van der Waals surface area contributed by atoms with Gasteiger partial charge in [0, 0.05) is 25.5 Å². The molecule has 0 aliphatic carbocycles. The lowest BCUT2D eigenvalue weighted by molar-refractivity contribution is 0.213. The Kier molecular flexibility index (Phi) is 5.10. The SMILES string of the molecule is Cc1ncccc1O[C@H]1CCN(S(=O)(=O)c2cn(CC(C)C)cn2)C1. The number of aryl methyl sites for hydroxylation is 1. The Morgan fingerprint density at radius 2 is 2.16 bits per heavy atom. The van der Waals surface area contributed by atoms with E-state index < -0.39 is 10.0 Å². The Bertz CT molecular complexity index is 832. The molecule has 2 aromatic rings. The summed E-state index contributed by atoms with van der Waals surface area (Å²) in [6, 6.07) is 3.67. The van der Waals surface area contributed by atoms with E-state index in [-0.39, 0.29) is 11.1 Å². The summed E-state index contributed by atoms with van der Waals surface area (Å²) >= 11 is 0. The molecular weight excluding hydrogens is 340 g/mol. The Morgan fingerprint density at radius 3 is 2.88 bits per heavy atom. The minimum Gasteiger partial charge on any atom is -0.487 e. The van der Waals surface area contributed by atoms with Crippen molar-refractivity contribution in [1.82, 2.24) is 18.8 Å². The maximum absolute atomic E-state index is 12.8. The number of nitrogens with zero attached hydrogens (tertiary/aromatic N) is 4. The molecule has 0 unspecified atom stereocenters. The van der Waals surface area contributed by atoms with Crippen LogP contribution in [0, 0.1) is 12.8 Å². The zero-order valence-corrected chi connectivity index (χ0v) is 15.6. The van der Waals surface area contributed by atoms with Crippen molar-refractivity contribution in [3.8, 4) is 5.75 Å². The fourth-order valence-corrected chi connectivity index (χ4v) is 4.33. The van der Waals surface area contributed by atoms with Crippen molar-refractivity contribution in [3.63, 3.8) is 0 Å². The Labute approximate surface area is 148 Å². The largest absolute Gasteiger partial charge is 0.487 e. The van der Waals surface area contributed by atoms with E-state index in [9.17, 15) is 8.42 Å². The lowest BCUT2D eigenvalue weighted by Gasteiger charge is -2.16. The molecule has 0 N–H and O–H groups in total. The number of hydrogen-bond acceptors (Lipinski definition) is 5. The second kappa shape index (κ2) is 7.13. The molecule has 0 spiro atoms. The summed E-state index contributed by atoms with van der Waals surface area (Å²) in [5.74, 6) is 1.13. The Hall–Kier alpha value is -1.93. The second-order valence-electron chi connectivity index (χ2n) is 6.78. The summed E-state index contributed by atoms with van der Waals surface area (Å²) in [6.07, 6.45) is 5.38. The second-order valence-corrected chi connectivity index (χ2v) is 8.67.